The first-order valence-corrected chi connectivity index (χ1v) is 11.4. The van der Waals surface area contributed by atoms with Gasteiger partial charge in [-0.1, -0.05) is 54.4 Å². The minimum atomic E-state index is 0.587. The maximum atomic E-state index is 4.47. The number of rotatable bonds is 8. The summed E-state index contributed by atoms with van der Waals surface area (Å²) in [6.45, 7) is 3.74. The van der Waals surface area contributed by atoms with Crippen molar-refractivity contribution in [2.45, 2.75) is 63.2 Å². The van der Waals surface area contributed by atoms with Gasteiger partial charge in [-0.3, -0.25) is 4.99 Å². The van der Waals surface area contributed by atoms with Gasteiger partial charge in [0, 0.05) is 32.6 Å². The Hall–Kier alpha value is -2.02. The number of hydrogen-bond donors (Lipinski definition) is 2. The van der Waals surface area contributed by atoms with E-state index in [1.54, 1.807) is 11.8 Å². The van der Waals surface area contributed by atoms with E-state index in [1.807, 2.05) is 7.05 Å². The van der Waals surface area contributed by atoms with Crippen LogP contribution in [-0.2, 0) is 13.0 Å². The molecular weight excluding hydrogens is 368 g/mol. The number of aliphatic imine (C=N–C) groups is 1. The molecule has 2 aromatic rings. The highest BCUT2D eigenvalue weighted by atomic mass is 32.2. The van der Waals surface area contributed by atoms with Gasteiger partial charge in [0.15, 0.2) is 11.1 Å². The lowest BCUT2D eigenvalue weighted by atomic mass is 10.1. The second kappa shape index (κ2) is 10.5. The summed E-state index contributed by atoms with van der Waals surface area (Å²) in [5.74, 6) is 1.96. The second-order valence-electron chi connectivity index (χ2n) is 7.35. The van der Waals surface area contributed by atoms with E-state index in [4.69, 9.17) is 0 Å². The zero-order valence-electron chi connectivity index (χ0n) is 17.2. The molecule has 0 spiro atoms. The van der Waals surface area contributed by atoms with E-state index in [-0.39, 0.29) is 0 Å². The molecule has 1 fully saturated rings. The van der Waals surface area contributed by atoms with E-state index >= 15 is 0 Å². The van der Waals surface area contributed by atoms with Crippen LogP contribution in [0.1, 0.15) is 55.1 Å². The van der Waals surface area contributed by atoms with Crippen molar-refractivity contribution in [3.05, 3.63) is 41.2 Å². The number of nitrogens with one attached hydrogen (secondary N) is 2. The average Bonchev–Trinajstić information content (AvgIpc) is 3.37. The molecule has 0 amide bonds. The van der Waals surface area contributed by atoms with Gasteiger partial charge in [0.25, 0.3) is 0 Å². The van der Waals surface area contributed by atoms with Gasteiger partial charge in [0.1, 0.15) is 5.82 Å². The van der Waals surface area contributed by atoms with Crippen LogP contribution in [0.5, 0.6) is 0 Å². The van der Waals surface area contributed by atoms with E-state index in [0.717, 1.165) is 42.9 Å². The SMILES string of the molecule is CN=C(NCCCc1nnc(SC)n1C1CCCC1)NCc1ccc(C)cc1. The highest BCUT2D eigenvalue weighted by Gasteiger charge is 2.23. The van der Waals surface area contributed by atoms with Crippen LogP contribution in [0.25, 0.3) is 0 Å². The Balaban J connectivity index is 1.45. The predicted molar refractivity (Wildman–Crippen MR) is 117 cm³/mol. The maximum absolute atomic E-state index is 4.47. The first-order chi connectivity index (χ1) is 13.7. The van der Waals surface area contributed by atoms with Crippen LogP contribution >= 0.6 is 11.8 Å². The molecule has 1 saturated carbocycles. The van der Waals surface area contributed by atoms with E-state index in [9.17, 15) is 0 Å². The van der Waals surface area contributed by atoms with Crippen LogP contribution in [0.2, 0.25) is 0 Å². The molecule has 1 heterocycles. The third-order valence-corrected chi connectivity index (χ3v) is 5.92. The number of hydrogen-bond acceptors (Lipinski definition) is 4. The smallest absolute Gasteiger partial charge is 0.191 e. The van der Waals surface area contributed by atoms with Crippen molar-refractivity contribution in [3.8, 4) is 0 Å². The van der Waals surface area contributed by atoms with Gasteiger partial charge in [-0.15, -0.1) is 10.2 Å². The van der Waals surface area contributed by atoms with Gasteiger partial charge < -0.3 is 15.2 Å². The molecule has 7 heteroatoms. The number of aromatic nitrogens is 3. The van der Waals surface area contributed by atoms with Crippen molar-refractivity contribution in [3.63, 3.8) is 0 Å². The molecule has 1 aromatic heterocycles. The molecule has 0 atom stereocenters. The standard InChI is InChI=1S/C21H32N6S/c1-16-10-12-17(13-11-16)15-24-20(22-2)23-14-6-9-19-25-26-21(28-3)27(19)18-7-4-5-8-18/h10-13,18H,4-9,14-15H2,1-3H3,(H2,22,23,24). The lowest BCUT2D eigenvalue weighted by molar-refractivity contribution is 0.460. The van der Waals surface area contributed by atoms with Crippen LogP contribution in [0.3, 0.4) is 0 Å². The molecular formula is C21H32N6S. The maximum Gasteiger partial charge on any atom is 0.191 e. The third kappa shape index (κ3) is 5.50. The molecule has 6 nitrogen and oxygen atoms in total. The van der Waals surface area contributed by atoms with Crippen molar-refractivity contribution in [1.29, 1.82) is 0 Å². The average molecular weight is 401 g/mol. The summed E-state index contributed by atoms with van der Waals surface area (Å²) in [7, 11) is 1.81. The van der Waals surface area contributed by atoms with Crippen LogP contribution in [-0.4, -0.2) is 40.6 Å². The topological polar surface area (TPSA) is 67.1 Å². The van der Waals surface area contributed by atoms with Crippen molar-refractivity contribution in [2.75, 3.05) is 19.8 Å². The van der Waals surface area contributed by atoms with Crippen LogP contribution in [0.15, 0.2) is 34.4 Å². The molecule has 28 heavy (non-hydrogen) atoms. The van der Waals surface area contributed by atoms with Gasteiger partial charge in [0.2, 0.25) is 0 Å². The molecule has 0 radical (unpaired) electrons. The Morgan fingerprint density at radius 2 is 1.93 bits per heavy atom. The Kier molecular flexibility index (Phi) is 7.77. The Morgan fingerprint density at radius 3 is 2.61 bits per heavy atom. The number of guanidine groups is 1. The van der Waals surface area contributed by atoms with Crippen molar-refractivity contribution < 1.29 is 0 Å². The van der Waals surface area contributed by atoms with Crippen molar-refractivity contribution in [2.24, 2.45) is 4.99 Å². The van der Waals surface area contributed by atoms with Crippen LogP contribution < -0.4 is 10.6 Å². The summed E-state index contributed by atoms with van der Waals surface area (Å²) >= 11 is 1.70. The van der Waals surface area contributed by atoms with E-state index in [1.165, 1.54) is 36.8 Å². The van der Waals surface area contributed by atoms with Gasteiger partial charge >= 0.3 is 0 Å². The first kappa shape index (κ1) is 20.7. The fourth-order valence-corrected chi connectivity index (χ4v) is 4.29. The van der Waals surface area contributed by atoms with Gasteiger partial charge in [-0.25, -0.2) is 0 Å². The number of benzene rings is 1. The minimum absolute atomic E-state index is 0.587. The molecule has 1 aromatic carbocycles. The molecule has 0 bridgehead atoms. The summed E-state index contributed by atoms with van der Waals surface area (Å²) in [4.78, 5) is 4.32. The fourth-order valence-electron chi connectivity index (χ4n) is 3.71. The van der Waals surface area contributed by atoms with Gasteiger partial charge in [-0.2, -0.15) is 0 Å². The largest absolute Gasteiger partial charge is 0.356 e. The van der Waals surface area contributed by atoms with E-state index in [0.29, 0.717) is 6.04 Å². The third-order valence-electron chi connectivity index (χ3n) is 5.28. The molecule has 1 aliphatic carbocycles. The lowest BCUT2D eigenvalue weighted by Crippen LogP contribution is -2.37. The normalized spacial score (nSPS) is 15.2. The van der Waals surface area contributed by atoms with Gasteiger partial charge in [0.05, 0.1) is 0 Å². The zero-order valence-corrected chi connectivity index (χ0v) is 18.1. The Morgan fingerprint density at radius 1 is 1.18 bits per heavy atom. The van der Waals surface area contributed by atoms with E-state index < -0.39 is 0 Å². The summed E-state index contributed by atoms with van der Waals surface area (Å²) in [5.41, 5.74) is 2.53. The number of aryl methyl sites for hydroxylation is 2. The highest BCUT2D eigenvalue weighted by Crippen LogP contribution is 2.33. The Bertz CT molecular complexity index is 762. The number of thioether (sulfide) groups is 1. The summed E-state index contributed by atoms with van der Waals surface area (Å²) in [6, 6.07) is 9.15. The van der Waals surface area contributed by atoms with Crippen LogP contribution in [0.4, 0.5) is 0 Å². The predicted octanol–water partition coefficient (Wildman–Crippen LogP) is 3.72. The van der Waals surface area contributed by atoms with E-state index in [2.05, 4.69) is 67.8 Å². The Labute approximate surface area is 172 Å². The summed E-state index contributed by atoms with van der Waals surface area (Å²) in [6.07, 6.45) is 9.18. The second-order valence-corrected chi connectivity index (χ2v) is 8.13. The number of nitrogens with zero attached hydrogens (tertiary/aromatic N) is 4. The molecule has 3 rings (SSSR count). The summed E-state index contributed by atoms with van der Waals surface area (Å²) < 4.78 is 2.39. The fraction of sp³-hybridized carbons (Fsp3) is 0.571. The van der Waals surface area contributed by atoms with Crippen LogP contribution in [0, 0.1) is 6.92 Å². The van der Waals surface area contributed by atoms with Crippen molar-refractivity contribution >= 4 is 17.7 Å². The van der Waals surface area contributed by atoms with Gasteiger partial charge in [-0.05, 0) is 38.0 Å². The lowest BCUT2D eigenvalue weighted by Gasteiger charge is -2.16. The highest BCUT2D eigenvalue weighted by molar-refractivity contribution is 7.98. The monoisotopic (exact) mass is 400 g/mol. The molecule has 2 N–H and O–H groups in total. The molecule has 0 aliphatic heterocycles. The quantitative estimate of drug-likeness (QED) is 0.306. The summed E-state index contributed by atoms with van der Waals surface area (Å²) in [5, 5.41) is 16.7. The first-order valence-electron chi connectivity index (χ1n) is 10.2. The van der Waals surface area contributed by atoms with Crippen molar-refractivity contribution in [1.82, 2.24) is 25.4 Å². The molecule has 0 saturated heterocycles. The molecule has 152 valence electrons. The molecule has 0 unspecified atom stereocenters. The zero-order chi connectivity index (χ0) is 19.8. The molecule has 1 aliphatic rings. The minimum Gasteiger partial charge on any atom is -0.356 e.